The third-order valence-electron chi connectivity index (χ3n) is 5.11. The van der Waals surface area contributed by atoms with Crippen molar-refractivity contribution in [2.75, 3.05) is 6.54 Å². The van der Waals surface area contributed by atoms with Crippen molar-refractivity contribution in [3.8, 4) is 5.88 Å². The van der Waals surface area contributed by atoms with Gasteiger partial charge in [0, 0.05) is 29.7 Å². The molecule has 28 heavy (non-hydrogen) atoms. The van der Waals surface area contributed by atoms with E-state index in [1.54, 1.807) is 6.20 Å². The molecule has 1 aliphatic heterocycles. The molecule has 6 heteroatoms. The van der Waals surface area contributed by atoms with Gasteiger partial charge in [-0.15, -0.1) is 5.10 Å². The first-order chi connectivity index (χ1) is 13.8. The first-order valence-corrected chi connectivity index (χ1v) is 9.37. The first kappa shape index (κ1) is 16.6. The third kappa shape index (κ3) is 3.03. The van der Waals surface area contributed by atoms with Crippen LogP contribution in [0.1, 0.15) is 21.6 Å². The average Bonchev–Trinajstić information content (AvgIpc) is 3.35. The lowest BCUT2D eigenvalue weighted by atomic mass is 10.1. The topological polar surface area (TPSA) is 63.2 Å². The van der Waals surface area contributed by atoms with Crippen LogP contribution < -0.4 is 4.74 Å². The second-order valence-corrected chi connectivity index (χ2v) is 6.95. The fraction of sp³-hybridized carbons (Fsp3) is 0.182. The molecule has 0 aliphatic carbocycles. The van der Waals surface area contributed by atoms with Gasteiger partial charge in [0.2, 0.25) is 5.88 Å². The van der Waals surface area contributed by atoms with Crippen molar-refractivity contribution in [1.29, 1.82) is 0 Å². The zero-order chi connectivity index (χ0) is 18.9. The van der Waals surface area contributed by atoms with Crippen LogP contribution in [0.5, 0.6) is 5.88 Å². The molecule has 0 radical (unpaired) electrons. The van der Waals surface area contributed by atoms with Gasteiger partial charge in [0.25, 0.3) is 5.91 Å². The number of ether oxygens (including phenoxy) is 1. The Labute approximate surface area is 162 Å². The van der Waals surface area contributed by atoms with E-state index in [-0.39, 0.29) is 5.91 Å². The maximum Gasteiger partial charge on any atom is 0.256 e. The van der Waals surface area contributed by atoms with E-state index in [4.69, 9.17) is 4.74 Å². The highest BCUT2D eigenvalue weighted by Crippen LogP contribution is 2.23. The van der Waals surface area contributed by atoms with Crippen LogP contribution >= 0.6 is 0 Å². The minimum absolute atomic E-state index is 0.0386. The van der Waals surface area contributed by atoms with Crippen LogP contribution in [-0.2, 0) is 19.7 Å². The maximum absolute atomic E-state index is 13.0. The summed E-state index contributed by atoms with van der Waals surface area (Å²) in [6.07, 6.45) is 1.80. The Hall–Kier alpha value is -3.54. The zero-order valence-electron chi connectivity index (χ0n) is 15.3. The number of aromatic amines is 1. The van der Waals surface area contributed by atoms with Crippen LogP contribution in [0.3, 0.4) is 0 Å². The molecule has 1 aliphatic rings. The molecule has 0 atom stereocenters. The number of carbonyl (C=O) groups excluding carboxylic acids is 1. The van der Waals surface area contributed by atoms with Gasteiger partial charge in [-0.2, -0.15) is 0 Å². The molecular weight excluding hydrogens is 352 g/mol. The molecule has 6 nitrogen and oxygen atoms in total. The molecule has 140 valence electrons. The lowest BCUT2D eigenvalue weighted by Crippen LogP contribution is -2.38. The van der Waals surface area contributed by atoms with Crippen LogP contribution in [0, 0.1) is 0 Å². The summed E-state index contributed by atoms with van der Waals surface area (Å²) in [5, 5.41) is 5.48. The van der Waals surface area contributed by atoms with Crippen LogP contribution in [0.4, 0.5) is 0 Å². The second-order valence-electron chi connectivity index (χ2n) is 6.95. The molecule has 0 saturated carbocycles. The highest BCUT2D eigenvalue weighted by Gasteiger charge is 2.25. The van der Waals surface area contributed by atoms with Crippen molar-refractivity contribution in [3.05, 3.63) is 83.7 Å². The number of aromatic nitrogens is 3. The minimum Gasteiger partial charge on any atom is -0.472 e. The highest BCUT2D eigenvalue weighted by molar-refractivity contribution is 6.06. The van der Waals surface area contributed by atoms with Gasteiger partial charge in [0.05, 0.1) is 24.3 Å². The molecule has 0 saturated heterocycles. The number of H-pyrrole nitrogens is 1. The molecule has 1 N–H and O–H groups in total. The number of para-hydroxylation sites is 1. The monoisotopic (exact) mass is 372 g/mol. The Morgan fingerprint density at radius 3 is 2.79 bits per heavy atom. The van der Waals surface area contributed by atoms with Gasteiger partial charge in [0.15, 0.2) is 0 Å². The lowest BCUT2D eigenvalue weighted by molar-refractivity contribution is 0.0708. The largest absolute Gasteiger partial charge is 0.472 e. The van der Waals surface area contributed by atoms with Crippen LogP contribution in [0.15, 0.2) is 66.9 Å². The van der Waals surface area contributed by atoms with Gasteiger partial charge >= 0.3 is 0 Å². The number of amides is 1. The van der Waals surface area contributed by atoms with E-state index >= 15 is 0 Å². The molecular formula is C22H20N4O2. The molecule has 0 bridgehead atoms. The SMILES string of the molecule is O=C(c1c[nH]c2ccccc12)N1CCn2nc(OCc3ccccc3)cc2C1. The number of nitrogens with one attached hydrogen (secondary N) is 1. The minimum atomic E-state index is 0.0386. The number of rotatable bonds is 4. The van der Waals surface area contributed by atoms with Gasteiger partial charge < -0.3 is 14.6 Å². The predicted octanol–water partition coefficient (Wildman–Crippen LogP) is 3.60. The first-order valence-electron chi connectivity index (χ1n) is 9.37. The van der Waals surface area contributed by atoms with Crippen LogP contribution in [0.2, 0.25) is 0 Å². The van der Waals surface area contributed by atoms with Gasteiger partial charge in [-0.1, -0.05) is 48.5 Å². The molecule has 1 amide bonds. The van der Waals surface area contributed by atoms with Crippen molar-refractivity contribution in [1.82, 2.24) is 19.7 Å². The lowest BCUT2D eigenvalue weighted by Gasteiger charge is -2.27. The van der Waals surface area contributed by atoms with Crippen molar-refractivity contribution in [2.45, 2.75) is 19.7 Å². The van der Waals surface area contributed by atoms with Gasteiger partial charge in [-0.25, -0.2) is 0 Å². The van der Waals surface area contributed by atoms with Crippen molar-refractivity contribution in [2.24, 2.45) is 0 Å². The molecule has 0 unspecified atom stereocenters. The fourth-order valence-electron chi connectivity index (χ4n) is 3.63. The predicted molar refractivity (Wildman–Crippen MR) is 106 cm³/mol. The van der Waals surface area contributed by atoms with E-state index in [9.17, 15) is 4.79 Å². The summed E-state index contributed by atoms with van der Waals surface area (Å²) in [5.74, 6) is 0.636. The summed E-state index contributed by atoms with van der Waals surface area (Å²) >= 11 is 0. The summed E-state index contributed by atoms with van der Waals surface area (Å²) in [4.78, 5) is 18.1. The summed E-state index contributed by atoms with van der Waals surface area (Å²) in [7, 11) is 0. The summed E-state index contributed by atoms with van der Waals surface area (Å²) < 4.78 is 7.76. The van der Waals surface area contributed by atoms with E-state index in [0.29, 0.717) is 37.7 Å². The number of nitrogens with zero attached hydrogens (tertiary/aromatic N) is 3. The van der Waals surface area contributed by atoms with E-state index in [1.165, 1.54) is 0 Å². The Morgan fingerprint density at radius 2 is 1.89 bits per heavy atom. The summed E-state index contributed by atoms with van der Waals surface area (Å²) in [5.41, 5.74) is 3.78. The molecule has 2 aromatic heterocycles. The smallest absolute Gasteiger partial charge is 0.256 e. The average molecular weight is 372 g/mol. The number of carbonyl (C=O) groups is 1. The summed E-state index contributed by atoms with van der Waals surface area (Å²) in [6.45, 7) is 2.30. The van der Waals surface area contributed by atoms with Crippen LogP contribution in [0.25, 0.3) is 10.9 Å². The zero-order valence-corrected chi connectivity index (χ0v) is 15.3. The second kappa shape index (κ2) is 6.88. The Kier molecular flexibility index (Phi) is 4.09. The highest BCUT2D eigenvalue weighted by atomic mass is 16.5. The number of hydrogen-bond donors (Lipinski definition) is 1. The molecule has 5 rings (SSSR count). The Balaban J connectivity index is 1.31. The fourth-order valence-corrected chi connectivity index (χ4v) is 3.63. The van der Waals surface area contributed by atoms with Crippen molar-refractivity contribution < 1.29 is 9.53 Å². The molecule has 0 fully saturated rings. The van der Waals surface area contributed by atoms with E-state index in [0.717, 1.165) is 22.2 Å². The quantitative estimate of drug-likeness (QED) is 0.595. The van der Waals surface area contributed by atoms with E-state index < -0.39 is 0 Å². The Morgan fingerprint density at radius 1 is 1.07 bits per heavy atom. The normalized spacial score (nSPS) is 13.5. The van der Waals surface area contributed by atoms with Crippen LogP contribution in [-0.4, -0.2) is 32.1 Å². The number of fused-ring (bicyclic) bond motifs is 2. The number of hydrogen-bond acceptors (Lipinski definition) is 3. The van der Waals surface area contributed by atoms with Gasteiger partial charge in [-0.3, -0.25) is 9.48 Å². The Bertz CT molecular complexity index is 1130. The molecule has 3 heterocycles. The molecule has 2 aromatic carbocycles. The maximum atomic E-state index is 13.0. The van der Waals surface area contributed by atoms with Crippen molar-refractivity contribution in [3.63, 3.8) is 0 Å². The molecule has 4 aromatic rings. The number of benzene rings is 2. The van der Waals surface area contributed by atoms with Crippen molar-refractivity contribution >= 4 is 16.8 Å². The standard InChI is InChI=1S/C22H20N4O2/c27-22(19-13-23-20-9-5-4-8-18(19)20)25-10-11-26-17(14-25)12-21(24-26)28-15-16-6-2-1-3-7-16/h1-9,12-13,23H,10-11,14-15H2. The van der Waals surface area contributed by atoms with Gasteiger partial charge in [0.1, 0.15) is 6.61 Å². The van der Waals surface area contributed by atoms with Gasteiger partial charge in [-0.05, 0) is 11.6 Å². The third-order valence-corrected chi connectivity index (χ3v) is 5.11. The summed E-state index contributed by atoms with van der Waals surface area (Å²) in [6, 6.07) is 19.8. The molecule has 0 spiro atoms. The van der Waals surface area contributed by atoms with E-state index in [1.807, 2.05) is 70.2 Å². The van der Waals surface area contributed by atoms with E-state index in [2.05, 4.69) is 10.1 Å².